The van der Waals surface area contributed by atoms with Gasteiger partial charge in [-0.1, -0.05) is 25.4 Å². The van der Waals surface area contributed by atoms with Crippen molar-refractivity contribution in [1.82, 2.24) is 0 Å². The molecule has 1 aliphatic rings. The molecule has 0 saturated carbocycles. The van der Waals surface area contributed by atoms with Crippen LogP contribution in [0.15, 0.2) is 18.2 Å². The Labute approximate surface area is 114 Å². The molecule has 1 fully saturated rings. The molecule has 3 atom stereocenters. The van der Waals surface area contributed by atoms with E-state index in [1.165, 1.54) is 5.56 Å². The summed E-state index contributed by atoms with van der Waals surface area (Å²) in [6.07, 6.45) is 3.02. The first kappa shape index (κ1) is 13.7. The summed E-state index contributed by atoms with van der Waals surface area (Å²) < 4.78 is 11.3. The Hall–Kier alpha value is -0.730. The molecule has 2 rings (SSSR count). The Balaban J connectivity index is 2.07. The van der Waals surface area contributed by atoms with E-state index in [0.717, 1.165) is 23.6 Å². The molecule has 100 valence electrons. The Kier molecular flexibility index (Phi) is 4.52. The average Bonchev–Trinajstić information content (AvgIpc) is 3.10. The zero-order valence-corrected chi connectivity index (χ0v) is 12.0. The zero-order valence-electron chi connectivity index (χ0n) is 11.3. The van der Waals surface area contributed by atoms with Crippen molar-refractivity contribution in [3.8, 4) is 5.75 Å². The number of epoxide rings is 1. The minimum absolute atomic E-state index is 0.409. The highest BCUT2D eigenvalue weighted by Gasteiger charge is 2.38. The third-order valence-corrected chi connectivity index (χ3v) is 3.71. The van der Waals surface area contributed by atoms with Gasteiger partial charge in [0.05, 0.1) is 18.8 Å². The quantitative estimate of drug-likeness (QED) is 0.713. The topological polar surface area (TPSA) is 21.8 Å². The van der Waals surface area contributed by atoms with E-state index in [9.17, 15) is 0 Å². The number of benzene rings is 1. The molecule has 0 aliphatic carbocycles. The molecule has 3 unspecified atom stereocenters. The first-order chi connectivity index (χ1) is 8.65. The smallest absolute Gasteiger partial charge is 0.122 e. The van der Waals surface area contributed by atoms with Crippen molar-refractivity contribution in [3.63, 3.8) is 0 Å². The molecular formula is C15H21ClO2. The van der Waals surface area contributed by atoms with Gasteiger partial charge in [-0.15, -0.1) is 0 Å². The highest BCUT2D eigenvalue weighted by atomic mass is 35.5. The van der Waals surface area contributed by atoms with E-state index in [-0.39, 0.29) is 0 Å². The van der Waals surface area contributed by atoms with Gasteiger partial charge in [0.15, 0.2) is 0 Å². The van der Waals surface area contributed by atoms with Crippen molar-refractivity contribution in [1.29, 1.82) is 0 Å². The Morgan fingerprint density at radius 1 is 1.33 bits per heavy atom. The van der Waals surface area contributed by atoms with Crippen molar-refractivity contribution in [2.24, 2.45) is 0 Å². The van der Waals surface area contributed by atoms with Gasteiger partial charge in [0.25, 0.3) is 0 Å². The van der Waals surface area contributed by atoms with E-state index >= 15 is 0 Å². The molecule has 2 nitrogen and oxygen atoms in total. The van der Waals surface area contributed by atoms with Crippen molar-refractivity contribution in [3.05, 3.63) is 28.8 Å². The van der Waals surface area contributed by atoms with Crippen LogP contribution in [0, 0.1) is 0 Å². The molecule has 3 heteroatoms. The van der Waals surface area contributed by atoms with Crippen LogP contribution in [0.25, 0.3) is 0 Å². The summed E-state index contributed by atoms with van der Waals surface area (Å²) in [5, 5.41) is 0.768. The van der Waals surface area contributed by atoms with E-state index in [0.29, 0.717) is 24.7 Å². The van der Waals surface area contributed by atoms with Crippen LogP contribution >= 0.6 is 11.6 Å². The van der Waals surface area contributed by atoms with Crippen LogP contribution in [0.1, 0.15) is 45.1 Å². The van der Waals surface area contributed by atoms with E-state index < -0.39 is 0 Å². The average molecular weight is 269 g/mol. The third-order valence-electron chi connectivity index (χ3n) is 3.48. The molecule has 0 amide bonds. The highest BCUT2D eigenvalue weighted by molar-refractivity contribution is 6.30. The van der Waals surface area contributed by atoms with Crippen LogP contribution in [-0.2, 0) is 4.74 Å². The fraction of sp³-hybridized carbons (Fsp3) is 0.600. The van der Waals surface area contributed by atoms with Crippen LogP contribution in [-0.4, -0.2) is 18.8 Å². The second-order valence-electron chi connectivity index (χ2n) is 4.87. The molecule has 1 aromatic rings. The second-order valence-corrected chi connectivity index (χ2v) is 5.31. The molecule has 1 saturated heterocycles. The molecule has 1 heterocycles. The molecule has 0 bridgehead atoms. The summed E-state index contributed by atoms with van der Waals surface area (Å²) in [7, 11) is 0. The highest BCUT2D eigenvalue weighted by Crippen LogP contribution is 2.38. The summed E-state index contributed by atoms with van der Waals surface area (Å²) in [6.45, 7) is 7.06. The normalized spacial score (nSPS) is 23.8. The van der Waals surface area contributed by atoms with Gasteiger partial charge in [-0.3, -0.25) is 0 Å². The van der Waals surface area contributed by atoms with E-state index in [1.807, 2.05) is 25.1 Å². The van der Waals surface area contributed by atoms with E-state index in [2.05, 4.69) is 13.8 Å². The lowest BCUT2D eigenvalue weighted by molar-refractivity contribution is 0.329. The van der Waals surface area contributed by atoms with Gasteiger partial charge >= 0.3 is 0 Å². The van der Waals surface area contributed by atoms with Gasteiger partial charge in [0.1, 0.15) is 5.75 Å². The van der Waals surface area contributed by atoms with Crippen LogP contribution in [0.3, 0.4) is 0 Å². The van der Waals surface area contributed by atoms with Gasteiger partial charge in [0.2, 0.25) is 0 Å². The Bertz CT molecular complexity index is 405. The lowest BCUT2D eigenvalue weighted by atomic mass is 9.94. The number of halogens is 1. The zero-order chi connectivity index (χ0) is 13.1. The summed E-state index contributed by atoms with van der Waals surface area (Å²) in [5.74, 6) is 1.36. The molecule has 0 spiro atoms. The first-order valence-corrected chi connectivity index (χ1v) is 7.11. The largest absolute Gasteiger partial charge is 0.494 e. The number of rotatable bonds is 6. The molecule has 0 aromatic heterocycles. The van der Waals surface area contributed by atoms with Gasteiger partial charge in [0, 0.05) is 5.02 Å². The molecular weight excluding hydrogens is 248 g/mol. The van der Waals surface area contributed by atoms with Gasteiger partial charge < -0.3 is 9.47 Å². The molecule has 18 heavy (non-hydrogen) atoms. The van der Waals surface area contributed by atoms with Gasteiger partial charge in [-0.25, -0.2) is 0 Å². The predicted molar refractivity (Wildman–Crippen MR) is 74.6 cm³/mol. The fourth-order valence-electron chi connectivity index (χ4n) is 2.41. The van der Waals surface area contributed by atoms with Crippen LogP contribution in [0.5, 0.6) is 5.75 Å². The summed E-state index contributed by atoms with van der Waals surface area (Å²) in [6, 6.07) is 5.86. The Morgan fingerprint density at radius 3 is 2.72 bits per heavy atom. The second kappa shape index (κ2) is 5.94. The van der Waals surface area contributed by atoms with Crippen LogP contribution in [0.4, 0.5) is 0 Å². The number of hydrogen-bond acceptors (Lipinski definition) is 2. The number of hydrogen-bond donors (Lipinski definition) is 0. The lowest BCUT2D eigenvalue weighted by Gasteiger charge is -2.16. The summed E-state index contributed by atoms with van der Waals surface area (Å²) in [5.41, 5.74) is 1.19. The molecule has 0 N–H and O–H groups in total. The predicted octanol–water partition coefficient (Wildman–Crippen LogP) is 4.41. The van der Waals surface area contributed by atoms with E-state index in [4.69, 9.17) is 21.1 Å². The van der Waals surface area contributed by atoms with Crippen molar-refractivity contribution < 1.29 is 9.47 Å². The third kappa shape index (κ3) is 3.18. The Morgan fingerprint density at radius 2 is 2.11 bits per heavy atom. The summed E-state index contributed by atoms with van der Waals surface area (Å²) >= 11 is 6.08. The summed E-state index contributed by atoms with van der Waals surface area (Å²) in [4.78, 5) is 0. The van der Waals surface area contributed by atoms with Gasteiger partial charge in [-0.05, 0) is 49.4 Å². The molecule has 1 aromatic carbocycles. The maximum Gasteiger partial charge on any atom is 0.122 e. The molecule has 1 aliphatic heterocycles. The van der Waals surface area contributed by atoms with Crippen LogP contribution < -0.4 is 4.74 Å². The lowest BCUT2D eigenvalue weighted by Crippen LogP contribution is -2.04. The van der Waals surface area contributed by atoms with Crippen molar-refractivity contribution in [2.45, 2.75) is 51.7 Å². The molecule has 0 radical (unpaired) electrons. The van der Waals surface area contributed by atoms with Crippen molar-refractivity contribution >= 4 is 11.6 Å². The SMILES string of the molecule is CCOc1ccc(Cl)cc1C(C)CC1OC1CC. The minimum Gasteiger partial charge on any atom is -0.494 e. The standard InChI is InChI=1S/C15H21ClO2/c1-4-13-15(18-13)8-10(3)12-9-11(16)6-7-14(12)17-5-2/h6-7,9-10,13,15H,4-5,8H2,1-3H3. The van der Waals surface area contributed by atoms with E-state index in [1.54, 1.807) is 0 Å². The maximum atomic E-state index is 6.08. The fourth-order valence-corrected chi connectivity index (χ4v) is 2.59. The van der Waals surface area contributed by atoms with Crippen molar-refractivity contribution in [2.75, 3.05) is 6.61 Å². The van der Waals surface area contributed by atoms with Gasteiger partial charge in [-0.2, -0.15) is 0 Å². The number of ether oxygens (including phenoxy) is 2. The first-order valence-electron chi connectivity index (χ1n) is 6.73. The monoisotopic (exact) mass is 268 g/mol. The maximum absolute atomic E-state index is 6.08. The minimum atomic E-state index is 0.409. The van der Waals surface area contributed by atoms with Crippen LogP contribution in [0.2, 0.25) is 5.02 Å².